The molecule has 0 amide bonds. The summed E-state index contributed by atoms with van der Waals surface area (Å²) in [4.78, 5) is 18.3. The molecule has 1 saturated heterocycles. The van der Waals surface area contributed by atoms with Crippen molar-refractivity contribution in [2.24, 2.45) is 11.8 Å². The third-order valence-electron chi connectivity index (χ3n) is 8.04. The van der Waals surface area contributed by atoms with Gasteiger partial charge in [-0.3, -0.25) is 9.78 Å². The van der Waals surface area contributed by atoms with Gasteiger partial charge in [0, 0.05) is 24.5 Å². The van der Waals surface area contributed by atoms with Gasteiger partial charge in [-0.15, -0.1) is 0 Å². The lowest BCUT2D eigenvalue weighted by Crippen LogP contribution is -2.41. The average Bonchev–Trinajstić information content (AvgIpc) is 2.91. The van der Waals surface area contributed by atoms with Gasteiger partial charge in [0.25, 0.3) is 0 Å². The number of hydrogen-bond acceptors (Lipinski definition) is 5. The van der Waals surface area contributed by atoms with Gasteiger partial charge in [-0.1, -0.05) is 24.3 Å². The number of likely N-dealkylation sites (tertiary alicyclic amines) is 1. The summed E-state index contributed by atoms with van der Waals surface area (Å²) in [6.45, 7) is 5.19. The molecule has 1 fully saturated rings. The number of hydrogen-bond donors (Lipinski definition) is 2. The van der Waals surface area contributed by atoms with E-state index in [0.29, 0.717) is 24.7 Å². The number of carbonyl (C=O) groups is 1. The number of aliphatic carboxylic acids is 1. The lowest BCUT2D eigenvalue weighted by molar-refractivity contribution is -0.137. The van der Waals surface area contributed by atoms with Crippen molar-refractivity contribution in [3.8, 4) is 5.75 Å². The summed E-state index contributed by atoms with van der Waals surface area (Å²) in [5.41, 5.74) is 4.48. The smallest absolute Gasteiger partial charge is 0.303 e. The van der Waals surface area contributed by atoms with E-state index >= 15 is 0 Å². The quantitative estimate of drug-likeness (QED) is 0.324. The Morgan fingerprint density at radius 2 is 2.00 bits per heavy atom. The number of aliphatic hydroxyl groups is 1. The van der Waals surface area contributed by atoms with Crippen molar-refractivity contribution in [2.75, 3.05) is 26.7 Å². The Morgan fingerprint density at radius 1 is 1.16 bits per heavy atom. The molecule has 2 aromatic carbocycles. The van der Waals surface area contributed by atoms with Crippen LogP contribution in [0.2, 0.25) is 0 Å². The molecule has 1 aliphatic heterocycles. The Kier molecular flexibility index (Phi) is 9.53. The van der Waals surface area contributed by atoms with E-state index in [1.165, 1.54) is 11.1 Å². The number of methoxy groups -OCH3 is 1. The van der Waals surface area contributed by atoms with Gasteiger partial charge >= 0.3 is 5.97 Å². The van der Waals surface area contributed by atoms with E-state index in [9.17, 15) is 15.0 Å². The lowest BCUT2D eigenvalue weighted by atomic mass is 9.79. The highest BCUT2D eigenvalue weighted by atomic mass is 16.5. The van der Waals surface area contributed by atoms with Crippen LogP contribution >= 0.6 is 0 Å². The van der Waals surface area contributed by atoms with Gasteiger partial charge < -0.3 is 19.8 Å². The average molecular weight is 505 g/mol. The maximum Gasteiger partial charge on any atom is 0.303 e. The van der Waals surface area contributed by atoms with E-state index in [4.69, 9.17) is 4.74 Å². The number of aliphatic hydroxyl groups excluding tert-OH is 1. The molecule has 37 heavy (non-hydrogen) atoms. The summed E-state index contributed by atoms with van der Waals surface area (Å²) in [5, 5.41) is 21.4. The number of pyridine rings is 1. The number of rotatable bonds is 12. The highest BCUT2D eigenvalue weighted by Crippen LogP contribution is 2.35. The van der Waals surface area contributed by atoms with Crippen LogP contribution < -0.4 is 4.74 Å². The zero-order valence-electron chi connectivity index (χ0n) is 22.1. The van der Waals surface area contributed by atoms with Gasteiger partial charge in [-0.2, -0.15) is 0 Å². The third-order valence-corrected chi connectivity index (χ3v) is 8.04. The van der Waals surface area contributed by atoms with Crippen LogP contribution in [0.25, 0.3) is 10.9 Å². The molecule has 2 heterocycles. The molecule has 1 aliphatic rings. The third kappa shape index (κ3) is 7.30. The van der Waals surface area contributed by atoms with Crippen molar-refractivity contribution in [1.82, 2.24) is 9.88 Å². The highest BCUT2D eigenvalue weighted by Gasteiger charge is 2.30. The summed E-state index contributed by atoms with van der Waals surface area (Å²) >= 11 is 0. The predicted molar refractivity (Wildman–Crippen MR) is 147 cm³/mol. The number of carboxylic acid groups (broad SMARTS) is 1. The first-order valence-electron chi connectivity index (χ1n) is 13.5. The van der Waals surface area contributed by atoms with Crippen molar-refractivity contribution in [3.05, 3.63) is 71.4 Å². The zero-order valence-corrected chi connectivity index (χ0v) is 22.1. The van der Waals surface area contributed by atoms with Crippen LogP contribution in [-0.2, 0) is 11.2 Å². The number of aryl methyl sites for hydroxylation is 2. The molecule has 198 valence electrons. The van der Waals surface area contributed by atoms with Crippen molar-refractivity contribution in [2.45, 2.75) is 58.0 Å². The van der Waals surface area contributed by atoms with Crippen LogP contribution in [0.5, 0.6) is 5.75 Å². The fraction of sp³-hybridized carbons (Fsp3) is 0.484. The van der Waals surface area contributed by atoms with Gasteiger partial charge in [-0.25, -0.2) is 0 Å². The Morgan fingerprint density at radius 3 is 2.78 bits per heavy atom. The summed E-state index contributed by atoms with van der Waals surface area (Å²) in [6, 6.07) is 16.2. The van der Waals surface area contributed by atoms with E-state index in [0.717, 1.165) is 67.5 Å². The molecule has 4 rings (SSSR count). The molecule has 2 unspecified atom stereocenters. The van der Waals surface area contributed by atoms with E-state index in [-0.39, 0.29) is 6.42 Å². The van der Waals surface area contributed by atoms with E-state index < -0.39 is 12.1 Å². The van der Waals surface area contributed by atoms with Gasteiger partial charge in [0.2, 0.25) is 0 Å². The van der Waals surface area contributed by atoms with Crippen LogP contribution in [0, 0.1) is 18.8 Å². The van der Waals surface area contributed by atoms with Crippen LogP contribution in [0.15, 0.2) is 54.7 Å². The summed E-state index contributed by atoms with van der Waals surface area (Å²) < 4.78 is 5.38. The molecule has 0 saturated carbocycles. The van der Waals surface area contributed by atoms with Gasteiger partial charge in [0.15, 0.2) is 0 Å². The Hall–Kier alpha value is -2.96. The Balaban J connectivity index is 1.35. The topological polar surface area (TPSA) is 82.9 Å². The maximum atomic E-state index is 11.3. The molecule has 0 radical (unpaired) electrons. The monoisotopic (exact) mass is 504 g/mol. The summed E-state index contributed by atoms with van der Waals surface area (Å²) in [5.74, 6) is 0.777. The first-order valence-corrected chi connectivity index (χ1v) is 13.5. The van der Waals surface area contributed by atoms with Gasteiger partial charge in [0.05, 0.1) is 18.7 Å². The van der Waals surface area contributed by atoms with E-state index in [1.807, 2.05) is 24.3 Å². The summed E-state index contributed by atoms with van der Waals surface area (Å²) in [6.07, 6.45) is 6.82. The first kappa shape index (κ1) is 27.1. The fourth-order valence-electron chi connectivity index (χ4n) is 5.85. The zero-order chi connectivity index (χ0) is 26.2. The molecule has 6 nitrogen and oxygen atoms in total. The number of fused-ring (bicyclic) bond motifs is 1. The minimum atomic E-state index is -0.729. The number of nitrogens with zero attached hydrogens (tertiary/aromatic N) is 2. The molecule has 1 aromatic heterocycles. The molecular formula is C31H40N2O4. The standard InChI is InChI=1S/C31H40N2O4/c1-22-6-3-4-7-23(22)8-5-18-33-19-16-24(25(21-33)10-14-31(35)36)9-13-30(34)27-15-17-32-29-12-11-26(37-2)20-28(27)29/h3-4,6-7,11-12,15,17,20,24-25,30,34H,5,8-10,13-14,16,18-19,21H2,1-2H3,(H,35,36)/t24?,25?,30-/m0/s1. The van der Waals surface area contributed by atoms with Gasteiger partial charge in [0.1, 0.15) is 5.75 Å². The van der Waals surface area contributed by atoms with E-state index in [2.05, 4.69) is 41.1 Å². The fourth-order valence-corrected chi connectivity index (χ4v) is 5.85. The molecule has 0 bridgehead atoms. The highest BCUT2D eigenvalue weighted by molar-refractivity contribution is 5.83. The second-order valence-corrected chi connectivity index (χ2v) is 10.4. The first-order chi connectivity index (χ1) is 17.9. The number of ether oxygens (including phenoxy) is 1. The molecule has 0 spiro atoms. The molecule has 6 heteroatoms. The Bertz CT molecular complexity index is 1180. The van der Waals surface area contributed by atoms with Crippen molar-refractivity contribution >= 4 is 16.9 Å². The molecule has 3 aromatic rings. The molecule has 2 N–H and O–H groups in total. The normalized spacial score (nSPS) is 19.1. The van der Waals surface area contributed by atoms with Crippen molar-refractivity contribution in [3.63, 3.8) is 0 Å². The van der Waals surface area contributed by atoms with Crippen LogP contribution in [-0.4, -0.2) is 52.8 Å². The van der Waals surface area contributed by atoms with Crippen molar-refractivity contribution in [1.29, 1.82) is 0 Å². The van der Waals surface area contributed by atoms with Gasteiger partial charge in [-0.05, 0) is 111 Å². The predicted octanol–water partition coefficient (Wildman–Crippen LogP) is 5.80. The minimum absolute atomic E-state index is 0.204. The molecule has 0 aliphatic carbocycles. The second kappa shape index (κ2) is 13.0. The number of benzene rings is 2. The van der Waals surface area contributed by atoms with E-state index in [1.54, 1.807) is 13.3 Å². The number of piperidine rings is 1. The maximum absolute atomic E-state index is 11.3. The molecular weight excluding hydrogens is 464 g/mol. The molecule has 3 atom stereocenters. The second-order valence-electron chi connectivity index (χ2n) is 10.4. The number of carboxylic acids is 1. The SMILES string of the molecule is COc1ccc2nccc([C@@H](O)CCC3CCN(CCCc4ccccc4C)CC3CCC(=O)O)c2c1. The lowest BCUT2D eigenvalue weighted by Gasteiger charge is -2.39. The summed E-state index contributed by atoms with van der Waals surface area (Å²) in [7, 11) is 1.64. The van der Waals surface area contributed by atoms with Crippen LogP contribution in [0.1, 0.15) is 61.3 Å². The van der Waals surface area contributed by atoms with Crippen molar-refractivity contribution < 1.29 is 19.7 Å². The van der Waals surface area contributed by atoms with Crippen LogP contribution in [0.3, 0.4) is 0 Å². The Labute approximate surface area is 220 Å². The minimum Gasteiger partial charge on any atom is -0.497 e. The number of aromatic nitrogens is 1. The largest absolute Gasteiger partial charge is 0.497 e. The van der Waals surface area contributed by atoms with Crippen LogP contribution in [0.4, 0.5) is 0 Å².